The van der Waals surface area contributed by atoms with Crippen LogP contribution >= 0.6 is 0 Å². The van der Waals surface area contributed by atoms with E-state index in [0.29, 0.717) is 24.1 Å². The van der Waals surface area contributed by atoms with Gasteiger partial charge in [0.15, 0.2) is 0 Å². The molecule has 6 nitrogen and oxygen atoms in total. The highest BCUT2D eigenvalue weighted by Gasteiger charge is 2.23. The average molecular weight is 277 g/mol. The molecule has 1 aliphatic heterocycles. The molecule has 0 spiro atoms. The Morgan fingerprint density at radius 3 is 2.90 bits per heavy atom. The van der Waals surface area contributed by atoms with Crippen molar-refractivity contribution in [3.63, 3.8) is 0 Å². The summed E-state index contributed by atoms with van der Waals surface area (Å²) in [6, 6.07) is 0.456. The van der Waals surface area contributed by atoms with Crippen LogP contribution in [-0.4, -0.2) is 53.0 Å². The van der Waals surface area contributed by atoms with E-state index in [1.165, 1.54) is 12.6 Å². The molecule has 20 heavy (non-hydrogen) atoms. The second-order valence-corrected chi connectivity index (χ2v) is 4.95. The third-order valence-electron chi connectivity index (χ3n) is 3.65. The lowest BCUT2D eigenvalue weighted by molar-refractivity contribution is 0.0936. The quantitative estimate of drug-likeness (QED) is 0.815. The minimum Gasteiger partial charge on any atom is -0.369 e. The summed E-state index contributed by atoms with van der Waals surface area (Å²) in [5, 5.41) is 6.00. The number of hydrogen-bond acceptors (Lipinski definition) is 5. The van der Waals surface area contributed by atoms with E-state index in [1.807, 2.05) is 6.92 Å². The van der Waals surface area contributed by atoms with E-state index in [0.717, 1.165) is 26.1 Å². The van der Waals surface area contributed by atoms with Crippen LogP contribution in [0, 0.1) is 0 Å². The van der Waals surface area contributed by atoms with E-state index in [1.54, 1.807) is 6.20 Å². The van der Waals surface area contributed by atoms with Crippen LogP contribution in [0.2, 0.25) is 0 Å². The van der Waals surface area contributed by atoms with Gasteiger partial charge in [0.05, 0.1) is 12.4 Å². The Hall–Kier alpha value is -1.69. The zero-order chi connectivity index (χ0) is 14.4. The molecule has 110 valence electrons. The van der Waals surface area contributed by atoms with Crippen molar-refractivity contribution in [2.75, 3.05) is 31.5 Å². The molecule has 1 aliphatic rings. The zero-order valence-electron chi connectivity index (χ0n) is 12.2. The molecule has 1 amide bonds. The monoisotopic (exact) mass is 277 g/mol. The molecule has 0 bridgehead atoms. The fourth-order valence-electron chi connectivity index (χ4n) is 2.56. The highest BCUT2D eigenvalue weighted by molar-refractivity contribution is 5.92. The van der Waals surface area contributed by atoms with Crippen molar-refractivity contribution >= 4 is 11.7 Å². The maximum Gasteiger partial charge on any atom is 0.271 e. The van der Waals surface area contributed by atoms with E-state index < -0.39 is 0 Å². The summed E-state index contributed by atoms with van der Waals surface area (Å²) in [7, 11) is 0. The van der Waals surface area contributed by atoms with Gasteiger partial charge in [0.25, 0.3) is 5.91 Å². The number of carbonyl (C=O) groups excluding carboxylic acids is 1. The van der Waals surface area contributed by atoms with Crippen molar-refractivity contribution in [3.8, 4) is 0 Å². The largest absolute Gasteiger partial charge is 0.369 e. The van der Waals surface area contributed by atoms with Gasteiger partial charge in [-0.2, -0.15) is 0 Å². The summed E-state index contributed by atoms with van der Waals surface area (Å²) in [4.78, 5) is 22.7. The van der Waals surface area contributed by atoms with E-state index in [-0.39, 0.29) is 5.91 Å². The summed E-state index contributed by atoms with van der Waals surface area (Å²) >= 11 is 0. The van der Waals surface area contributed by atoms with E-state index in [9.17, 15) is 4.79 Å². The van der Waals surface area contributed by atoms with Gasteiger partial charge >= 0.3 is 0 Å². The van der Waals surface area contributed by atoms with Gasteiger partial charge in [-0.05, 0) is 32.9 Å². The molecule has 1 atom stereocenters. The molecule has 2 N–H and O–H groups in total. The Labute approximate surface area is 120 Å². The van der Waals surface area contributed by atoms with Crippen LogP contribution in [0.15, 0.2) is 12.4 Å². The molecule has 0 aliphatic carbocycles. The van der Waals surface area contributed by atoms with Crippen molar-refractivity contribution in [2.24, 2.45) is 0 Å². The second-order valence-electron chi connectivity index (χ2n) is 4.95. The van der Waals surface area contributed by atoms with Crippen LogP contribution in [0.25, 0.3) is 0 Å². The topological polar surface area (TPSA) is 70.2 Å². The summed E-state index contributed by atoms with van der Waals surface area (Å²) in [5.74, 6) is 0.542. The second kappa shape index (κ2) is 7.19. The van der Waals surface area contributed by atoms with Gasteiger partial charge in [-0.15, -0.1) is 0 Å². The molecule has 1 aromatic heterocycles. The molecule has 0 saturated carbocycles. The molecule has 1 unspecified atom stereocenters. The SMILES string of the molecule is CCNc1cnc(C(=O)NCC2CCCN2CC)cn1. The summed E-state index contributed by atoms with van der Waals surface area (Å²) < 4.78 is 0. The summed E-state index contributed by atoms with van der Waals surface area (Å²) in [6.45, 7) is 7.79. The number of rotatable bonds is 6. The highest BCUT2D eigenvalue weighted by Crippen LogP contribution is 2.15. The molecule has 1 saturated heterocycles. The lowest BCUT2D eigenvalue weighted by atomic mass is 10.2. The number of nitrogens with zero attached hydrogens (tertiary/aromatic N) is 3. The van der Waals surface area contributed by atoms with Gasteiger partial charge in [-0.25, -0.2) is 9.97 Å². The zero-order valence-corrected chi connectivity index (χ0v) is 12.2. The fourth-order valence-corrected chi connectivity index (χ4v) is 2.56. The normalized spacial score (nSPS) is 19.0. The Morgan fingerprint density at radius 2 is 2.25 bits per heavy atom. The first-order valence-corrected chi connectivity index (χ1v) is 7.32. The first-order valence-electron chi connectivity index (χ1n) is 7.32. The first kappa shape index (κ1) is 14.7. The Kier molecular flexibility index (Phi) is 5.29. The number of carbonyl (C=O) groups is 1. The van der Waals surface area contributed by atoms with Gasteiger partial charge in [0, 0.05) is 19.1 Å². The van der Waals surface area contributed by atoms with Crippen molar-refractivity contribution in [3.05, 3.63) is 18.1 Å². The average Bonchev–Trinajstić information content (AvgIpc) is 2.93. The van der Waals surface area contributed by atoms with Crippen LogP contribution in [0.4, 0.5) is 5.82 Å². The van der Waals surface area contributed by atoms with Crippen molar-refractivity contribution in [1.82, 2.24) is 20.2 Å². The van der Waals surface area contributed by atoms with Crippen LogP contribution in [0.1, 0.15) is 37.2 Å². The molecular formula is C14H23N5O. The van der Waals surface area contributed by atoms with Crippen LogP contribution in [-0.2, 0) is 0 Å². The van der Waals surface area contributed by atoms with Gasteiger partial charge in [-0.3, -0.25) is 9.69 Å². The van der Waals surface area contributed by atoms with Crippen molar-refractivity contribution in [2.45, 2.75) is 32.7 Å². The molecule has 1 aromatic rings. The lowest BCUT2D eigenvalue weighted by Gasteiger charge is -2.22. The predicted octanol–water partition coefficient (Wildman–Crippen LogP) is 1.12. The summed E-state index contributed by atoms with van der Waals surface area (Å²) in [5.41, 5.74) is 0.368. The molecule has 2 rings (SSSR count). The molecule has 0 radical (unpaired) electrons. The minimum absolute atomic E-state index is 0.150. The number of likely N-dealkylation sites (tertiary alicyclic amines) is 1. The highest BCUT2D eigenvalue weighted by atomic mass is 16.1. The molecule has 0 aromatic carbocycles. The van der Waals surface area contributed by atoms with E-state index >= 15 is 0 Å². The van der Waals surface area contributed by atoms with Gasteiger partial charge in [-0.1, -0.05) is 6.92 Å². The Morgan fingerprint density at radius 1 is 1.40 bits per heavy atom. The van der Waals surface area contributed by atoms with Gasteiger partial charge in [0.2, 0.25) is 0 Å². The standard InChI is InChI=1S/C14H23N5O/c1-3-15-13-10-16-12(9-17-13)14(20)18-8-11-6-5-7-19(11)4-2/h9-11H,3-8H2,1-2H3,(H,15,17)(H,18,20). The summed E-state index contributed by atoms with van der Waals surface area (Å²) in [6.07, 6.45) is 5.47. The number of amides is 1. The Balaban J connectivity index is 1.85. The number of aromatic nitrogens is 2. The molecule has 2 heterocycles. The van der Waals surface area contributed by atoms with Crippen molar-refractivity contribution in [1.29, 1.82) is 0 Å². The lowest BCUT2D eigenvalue weighted by Crippen LogP contribution is -2.40. The number of likely N-dealkylation sites (N-methyl/N-ethyl adjacent to an activating group) is 1. The molecule has 6 heteroatoms. The predicted molar refractivity (Wildman–Crippen MR) is 78.8 cm³/mol. The fraction of sp³-hybridized carbons (Fsp3) is 0.643. The maximum absolute atomic E-state index is 12.0. The van der Waals surface area contributed by atoms with Gasteiger partial charge < -0.3 is 10.6 Å². The van der Waals surface area contributed by atoms with Crippen LogP contribution < -0.4 is 10.6 Å². The van der Waals surface area contributed by atoms with Gasteiger partial charge in [0.1, 0.15) is 11.5 Å². The third-order valence-corrected chi connectivity index (χ3v) is 3.65. The number of anilines is 1. The van der Waals surface area contributed by atoms with E-state index in [2.05, 4.69) is 32.4 Å². The van der Waals surface area contributed by atoms with Crippen molar-refractivity contribution < 1.29 is 4.79 Å². The van der Waals surface area contributed by atoms with E-state index in [4.69, 9.17) is 0 Å². The smallest absolute Gasteiger partial charge is 0.271 e. The third kappa shape index (κ3) is 3.66. The van der Waals surface area contributed by atoms with Crippen LogP contribution in [0.5, 0.6) is 0 Å². The maximum atomic E-state index is 12.0. The number of nitrogens with one attached hydrogen (secondary N) is 2. The first-order chi connectivity index (χ1) is 9.74. The molecular weight excluding hydrogens is 254 g/mol. The van der Waals surface area contributed by atoms with Crippen LogP contribution in [0.3, 0.4) is 0 Å². The Bertz CT molecular complexity index is 434. The number of hydrogen-bond donors (Lipinski definition) is 2. The minimum atomic E-state index is -0.150. The molecule has 1 fully saturated rings.